The first-order valence-corrected chi connectivity index (χ1v) is 5.79. The van der Waals surface area contributed by atoms with Crippen molar-refractivity contribution in [3.05, 3.63) is 58.7 Å². The van der Waals surface area contributed by atoms with E-state index in [9.17, 15) is 0 Å². The summed E-state index contributed by atoms with van der Waals surface area (Å²) in [6.45, 7) is 1.27. The molecule has 0 aliphatic rings. The Kier molecular flexibility index (Phi) is 3.96. The number of aromatic nitrogens is 1. The van der Waals surface area contributed by atoms with Crippen LogP contribution in [0.4, 0.5) is 5.82 Å². The van der Waals surface area contributed by atoms with Gasteiger partial charge in [0, 0.05) is 19.3 Å². The predicted octanol–water partition coefficient (Wildman–Crippen LogP) is 2.81. The minimum Gasteiger partial charge on any atom is -0.365 e. The average molecular weight is 248 g/mol. The van der Waals surface area contributed by atoms with Crippen molar-refractivity contribution in [2.24, 2.45) is 5.73 Å². The zero-order valence-corrected chi connectivity index (χ0v) is 10.1. The van der Waals surface area contributed by atoms with Crippen LogP contribution in [0.25, 0.3) is 0 Å². The maximum absolute atomic E-state index is 6.00. The number of halogens is 1. The van der Waals surface area contributed by atoms with Crippen LogP contribution in [0.15, 0.2) is 42.6 Å². The molecular weight excluding hydrogens is 234 g/mol. The number of hydrogen-bond donors (Lipinski definition) is 2. The van der Waals surface area contributed by atoms with Crippen molar-refractivity contribution in [1.82, 2.24) is 4.98 Å². The van der Waals surface area contributed by atoms with Gasteiger partial charge in [0.2, 0.25) is 0 Å². The summed E-state index contributed by atoms with van der Waals surface area (Å²) in [7, 11) is 0. The molecule has 3 nitrogen and oxygen atoms in total. The number of nitrogens with zero attached hydrogens (tertiary/aromatic N) is 1. The van der Waals surface area contributed by atoms with E-state index in [1.54, 1.807) is 6.20 Å². The maximum atomic E-state index is 6.00. The van der Waals surface area contributed by atoms with Crippen molar-refractivity contribution in [3.8, 4) is 0 Å². The molecule has 0 radical (unpaired) electrons. The average Bonchev–Trinajstić information content (AvgIpc) is 2.38. The summed E-state index contributed by atoms with van der Waals surface area (Å²) in [5, 5.41) is 3.82. The largest absolute Gasteiger partial charge is 0.365 e. The van der Waals surface area contributed by atoms with E-state index in [4.69, 9.17) is 17.3 Å². The third-order valence-electron chi connectivity index (χ3n) is 2.48. The topological polar surface area (TPSA) is 50.9 Å². The highest BCUT2D eigenvalue weighted by molar-refractivity contribution is 6.32. The normalized spacial score (nSPS) is 10.2. The molecule has 0 saturated carbocycles. The lowest BCUT2D eigenvalue weighted by Gasteiger charge is -2.07. The molecule has 1 aromatic heterocycles. The van der Waals surface area contributed by atoms with E-state index in [0.717, 1.165) is 5.56 Å². The molecule has 1 heterocycles. The Morgan fingerprint density at radius 2 is 1.82 bits per heavy atom. The highest BCUT2D eigenvalue weighted by Gasteiger charge is 1.99. The number of nitrogens with one attached hydrogen (secondary N) is 1. The molecule has 0 unspecified atom stereocenters. The summed E-state index contributed by atoms with van der Waals surface area (Å²) in [6.07, 6.45) is 1.71. The molecule has 0 atom stereocenters. The van der Waals surface area contributed by atoms with E-state index in [2.05, 4.69) is 10.3 Å². The molecule has 2 rings (SSSR count). The summed E-state index contributed by atoms with van der Waals surface area (Å²) < 4.78 is 0. The van der Waals surface area contributed by atoms with Crippen LogP contribution in [-0.4, -0.2) is 4.98 Å². The fourth-order valence-electron chi connectivity index (χ4n) is 1.49. The quantitative estimate of drug-likeness (QED) is 0.874. The van der Waals surface area contributed by atoms with Crippen LogP contribution >= 0.6 is 11.6 Å². The van der Waals surface area contributed by atoms with Gasteiger partial charge in [-0.25, -0.2) is 4.98 Å². The number of anilines is 1. The number of benzene rings is 1. The van der Waals surface area contributed by atoms with E-state index in [-0.39, 0.29) is 0 Å². The molecular formula is C13H14ClN3. The van der Waals surface area contributed by atoms with Gasteiger partial charge in [-0.1, -0.05) is 35.9 Å². The molecule has 0 fully saturated rings. The molecule has 0 saturated heterocycles. The summed E-state index contributed by atoms with van der Waals surface area (Å²) in [4.78, 5) is 4.16. The smallest absolute Gasteiger partial charge is 0.145 e. The summed E-state index contributed by atoms with van der Waals surface area (Å²) >= 11 is 6.00. The molecule has 0 aliphatic carbocycles. The molecule has 0 spiro atoms. The van der Waals surface area contributed by atoms with Gasteiger partial charge in [0.15, 0.2) is 0 Å². The van der Waals surface area contributed by atoms with E-state index < -0.39 is 0 Å². The van der Waals surface area contributed by atoms with Crippen molar-refractivity contribution < 1.29 is 0 Å². The lowest BCUT2D eigenvalue weighted by molar-refractivity contribution is 1.05. The number of rotatable bonds is 4. The fraction of sp³-hybridized carbons (Fsp3) is 0.154. The Hall–Kier alpha value is -1.58. The van der Waals surface area contributed by atoms with Gasteiger partial charge in [-0.05, 0) is 23.3 Å². The monoisotopic (exact) mass is 247 g/mol. The zero-order valence-electron chi connectivity index (χ0n) is 9.36. The SMILES string of the molecule is NCc1ccc(CNc2ncccc2Cl)cc1. The predicted molar refractivity (Wildman–Crippen MR) is 70.9 cm³/mol. The fourth-order valence-corrected chi connectivity index (χ4v) is 1.68. The van der Waals surface area contributed by atoms with Crippen LogP contribution in [0.3, 0.4) is 0 Å². The zero-order chi connectivity index (χ0) is 12.1. The van der Waals surface area contributed by atoms with Crippen molar-refractivity contribution in [2.45, 2.75) is 13.1 Å². The Morgan fingerprint density at radius 1 is 1.12 bits per heavy atom. The van der Waals surface area contributed by atoms with Gasteiger partial charge in [0.25, 0.3) is 0 Å². The summed E-state index contributed by atoms with van der Waals surface area (Å²) in [5.41, 5.74) is 7.84. The standard InChI is InChI=1S/C13H14ClN3/c14-12-2-1-7-16-13(12)17-9-11-5-3-10(8-15)4-6-11/h1-7H,8-9,15H2,(H,16,17). The minimum atomic E-state index is 0.569. The molecule has 0 bridgehead atoms. The molecule has 0 amide bonds. The Balaban J connectivity index is 2.00. The number of nitrogens with two attached hydrogens (primary N) is 1. The minimum absolute atomic E-state index is 0.569. The highest BCUT2D eigenvalue weighted by Crippen LogP contribution is 2.18. The second-order valence-corrected chi connectivity index (χ2v) is 4.12. The Labute approximate surface area is 106 Å². The van der Waals surface area contributed by atoms with Gasteiger partial charge < -0.3 is 11.1 Å². The third kappa shape index (κ3) is 3.19. The molecule has 2 aromatic rings. The van der Waals surface area contributed by atoms with E-state index in [1.165, 1.54) is 5.56 Å². The first-order chi connectivity index (χ1) is 8.29. The van der Waals surface area contributed by atoms with Crippen molar-refractivity contribution in [2.75, 3.05) is 5.32 Å². The summed E-state index contributed by atoms with van der Waals surface area (Å²) in [5.74, 6) is 0.706. The van der Waals surface area contributed by atoms with Crippen molar-refractivity contribution >= 4 is 17.4 Å². The molecule has 3 N–H and O–H groups in total. The van der Waals surface area contributed by atoms with Gasteiger partial charge >= 0.3 is 0 Å². The first kappa shape index (κ1) is 11.9. The van der Waals surface area contributed by atoms with E-state index >= 15 is 0 Å². The van der Waals surface area contributed by atoms with Crippen molar-refractivity contribution in [3.63, 3.8) is 0 Å². The lowest BCUT2D eigenvalue weighted by Crippen LogP contribution is -2.02. The van der Waals surface area contributed by atoms with Crippen LogP contribution in [0.5, 0.6) is 0 Å². The number of hydrogen-bond acceptors (Lipinski definition) is 3. The van der Waals surface area contributed by atoms with Crippen LogP contribution in [0.2, 0.25) is 5.02 Å². The highest BCUT2D eigenvalue weighted by atomic mass is 35.5. The Morgan fingerprint density at radius 3 is 2.47 bits per heavy atom. The van der Waals surface area contributed by atoms with E-state index in [1.807, 2.05) is 36.4 Å². The second-order valence-electron chi connectivity index (χ2n) is 3.71. The van der Waals surface area contributed by atoms with Gasteiger partial charge in [-0.15, -0.1) is 0 Å². The molecule has 1 aromatic carbocycles. The molecule has 88 valence electrons. The third-order valence-corrected chi connectivity index (χ3v) is 2.78. The lowest BCUT2D eigenvalue weighted by atomic mass is 10.1. The van der Waals surface area contributed by atoms with Crippen LogP contribution in [-0.2, 0) is 13.1 Å². The van der Waals surface area contributed by atoms with Gasteiger partial charge in [0.05, 0.1) is 5.02 Å². The van der Waals surface area contributed by atoms with E-state index in [0.29, 0.717) is 23.9 Å². The number of pyridine rings is 1. The van der Waals surface area contributed by atoms with Crippen LogP contribution in [0.1, 0.15) is 11.1 Å². The van der Waals surface area contributed by atoms with Gasteiger partial charge in [0.1, 0.15) is 5.82 Å². The van der Waals surface area contributed by atoms with Gasteiger partial charge in [-0.2, -0.15) is 0 Å². The maximum Gasteiger partial charge on any atom is 0.145 e. The van der Waals surface area contributed by atoms with Crippen molar-refractivity contribution in [1.29, 1.82) is 0 Å². The molecule has 0 aliphatic heterocycles. The molecule has 17 heavy (non-hydrogen) atoms. The van der Waals surface area contributed by atoms with Crippen LogP contribution in [0, 0.1) is 0 Å². The Bertz CT molecular complexity index is 482. The van der Waals surface area contributed by atoms with Crippen LogP contribution < -0.4 is 11.1 Å². The van der Waals surface area contributed by atoms with Gasteiger partial charge in [-0.3, -0.25) is 0 Å². The molecule has 4 heteroatoms. The second kappa shape index (κ2) is 5.66. The first-order valence-electron chi connectivity index (χ1n) is 5.42. The summed E-state index contributed by atoms with van der Waals surface area (Å²) in [6, 6.07) is 11.8.